The molecule has 4 heterocycles. The summed E-state index contributed by atoms with van der Waals surface area (Å²) < 4.78 is 10.9. The number of hydrogen-bond donors (Lipinski definition) is 1. The lowest BCUT2D eigenvalue weighted by Gasteiger charge is -2.27. The Morgan fingerprint density at radius 1 is 1.11 bits per heavy atom. The molecule has 1 N–H and O–H groups in total. The molecule has 0 saturated carbocycles. The zero-order valence-corrected chi connectivity index (χ0v) is 15.0. The number of fused-ring (bicyclic) bond motifs is 2. The molecule has 0 spiro atoms. The summed E-state index contributed by atoms with van der Waals surface area (Å²) in [5, 5.41) is 0.569. The molecule has 0 amide bonds. The molecular formula is C21H17N3O4. The molecular weight excluding hydrogens is 358 g/mol. The second kappa shape index (κ2) is 6.61. The van der Waals surface area contributed by atoms with E-state index in [0.717, 1.165) is 5.69 Å². The van der Waals surface area contributed by atoms with Crippen molar-refractivity contribution in [2.24, 2.45) is 0 Å². The van der Waals surface area contributed by atoms with E-state index in [0.29, 0.717) is 59.7 Å². The second-order valence-electron chi connectivity index (χ2n) is 6.86. The normalized spacial score (nSPS) is 14.3. The van der Waals surface area contributed by atoms with Gasteiger partial charge in [0.2, 0.25) is 0 Å². The number of benzene rings is 1. The Hall–Kier alpha value is -3.45. The van der Waals surface area contributed by atoms with Gasteiger partial charge in [0, 0.05) is 31.6 Å². The summed E-state index contributed by atoms with van der Waals surface area (Å²) in [7, 11) is 0. The molecule has 0 aliphatic carbocycles. The number of furan rings is 1. The van der Waals surface area contributed by atoms with Gasteiger partial charge in [0.05, 0.1) is 29.2 Å². The zero-order chi connectivity index (χ0) is 19.1. The van der Waals surface area contributed by atoms with Crippen LogP contribution in [-0.4, -0.2) is 21.4 Å². The molecule has 7 heteroatoms. The average Bonchev–Trinajstić information content (AvgIpc) is 3.25. The Kier molecular flexibility index (Phi) is 3.95. The topological polar surface area (TPSA) is 92.3 Å². The quantitative estimate of drug-likeness (QED) is 0.592. The maximum Gasteiger partial charge on any atom is 0.256 e. The van der Waals surface area contributed by atoms with Crippen molar-refractivity contribution >= 4 is 11.0 Å². The first-order chi connectivity index (χ1) is 13.7. The van der Waals surface area contributed by atoms with E-state index in [1.807, 2.05) is 12.1 Å². The molecule has 1 aliphatic rings. The minimum absolute atomic E-state index is 0.0344. The standard InChI is InChI=1S/C21H17N3O4/c25-19-13(12-28-17-5-2-1-4-14(17)19)10-24-8-7-16-15(11-24)21(26)23-20(22-16)18-6-3-9-27-18/h1-6,9,12H,7-8,10-11H2,(H,22,23,26). The first-order valence-electron chi connectivity index (χ1n) is 9.07. The van der Waals surface area contributed by atoms with Crippen molar-refractivity contribution in [3.05, 3.63) is 86.3 Å². The van der Waals surface area contributed by atoms with Crippen LogP contribution in [0.4, 0.5) is 0 Å². The Labute approximate surface area is 159 Å². The smallest absolute Gasteiger partial charge is 0.256 e. The molecule has 0 radical (unpaired) electrons. The fourth-order valence-corrected chi connectivity index (χ4v) is 3.61. The molecule has 3 aromatic heterocycles. The number of nitrogens with one attached hydrogen (secondary N) is 1. The van der Waals surface area contributed by atoms with Gasteiger partial charge in [0.1, 0.15) is 5.58 Å². The number of nitrogens with zero attached hydrogens (tertiary/aromatic N) is 2. The zero-order valence-electron chi connectivity index (χ0n) is 15.0. The lowest BCUT2D eigenvalue weighted by Crippen LogP contribution is -2.36. The summed E-state index contributed by atoms with van der Waals surface area (Å²) in [6, 6.07) is 10.7. The van der Waals surface area contributed by atoms with E-state index in [1.54, 1.807) is 30.5 Å². The number of aromatic amines is 1. The highest BCUT2D eigenvalue weighted by Gasteiger charge is 2.23. The predicted molar refractivity (Wildman–Crippen MR) is 103 cm³/mol. The largest absolute Gasteiger partial charge is 0.464 e. The van der Waals surface area contributed by atoms with E-state index >= 15 is 0 Å². The molecule has 0 atom stereocenters. The van der Waals surface area contributed by atoms with Crippen molar-refractivity contribution in [2.75, 3.05) is 6.54 Å². The van der Waals surface area contributed by atoms with Crippen LogP contribution < -0.4 is 11.0 Å². The van der Waals surface area contributed by atoms with Gasteiger partial charge in [-0.2, -0.15) is 0 Å². The van der Waals surface area contributed by atoms with Crippen LogP contribution in [0.5, 0.6) is 0 Å². The van der Waals surface area contributed by atoms with Gasteiger partial charge in [-0.3, -0.25) is 14.5 Å². The van der Waals surface area contributed by atoms with Gasteiger partial charge in [-0.15, -0.1) is 0 Å². The molecule has 4 aromatic rings. The van der Waals surface area contributed by atoms with Crippen LogP contribution in [0.3, 0.4) is 0 Å². The third-order valence-electron chi connectivity index (χ3n) is 5.05. The van der Waals surface area contributed by atoms with Gasteiger partial charge < -0.3 is 13.8 Å². The molecule has 0 saturated heterocycles. The van der Waals surface area contributed by atoms with Crippen molar-refractivity contribution in [1.29, 1.82) is 0 Å². The highest BCUT2D eigenvalue weighted by atomic mass is 16.3. The number of H-pyrrole nitrogens is 1. The maximum absolute atomic E-state index is 12.7. The maximum atomic E-state index is 12.7. The fourth-order valence-electron chi connectivity index (χ4n) is 3.61. The first kappa shape index (κ1) is 16.7. The summed E-state index contributed by atoms with van der Waals surface area (Å²) in [6.45, 7) is 1.56. The number of aromatic nitrogens is 2. The van der Waals surface area contributed by atoms with Gasteiger partial charge >= 0.3 is 0 Å². The second-order valence-corrected chi connectivity index (χ2v) is 6.86. The van der Waals surface area contributed by atoms with E-state index in [1.165, 1.54) is 6.26 Å². The summed E-state index contributed by atoms with van der Waals surface area (Å²) in [5.74, 6) is 0.980. The first-order valence-corrected chi connectivity index (χ1v) is 9.07. The van der Waals surface area contributed by atoms with Crippen molar-refractivity contribution in [3.63, 3.8) is 0 Å². The summed E-state index contributed by atoms with van der Waals surface area (Å²) in [4.78, 5) is 34.7. The Bertz CT molecular complexity index is 1270. The minimum Gasteiger partial charge on any atom is -0.464 e. The Morgan fingerprint density at radius 2 is 2.00 bits per heavy atom. The summed E-state index contributed by atoms with van der Waals surface area (Å²) in [6.07, 6.45) is 3.69. The molecule has 0 fully saturated rings. The van der Waals surface area contributed by atoms with Gasteiger partial charge in [-0.05, 0) is 24.3 Å². The van der Waals surface area contributed by atoms with E-state index in [4.69, 9.17) is 8.83 Å². The van der Waals surface area contributed by atoms with Crippen molar-refractivity contribution in [3.8, 4) is 11.6 Å². The number of hydrogen-bond acceptors (Lipinski definition) is 6. The summed E-state index contributed by atoms with van der Waals surface area (Å²) in [5.41, 5.74) is 2.35. The molecule has 1 aliphatic heterocycles. The third-order valence-corrected chi connectivity index (χ3v) is 5.05. The van der Waals surface area contributed by atoms with E-state index < -0.39 is 0 Å². The highest BCUT2D eigenvalue weighted by Crippen LogP contribution is 2.20. The Balaban J connectivity index is 1.43. The lowest BCUT2D eigenvalue weighted by molar-refractivity contribution is 0.239. The lowest BCUT2D eigenvalue weighted by atomic mass is 10.1. The SMILES string of the molecule is O=c1[nH]c(-c2ccco2)nc2c1CN(Cc1coc3ccccc3c1=O)CC2. The van der Waals surface area contributed by atoms with E-state index in [-0.39, 0.29) is 11.0 Å². The highest BCUT2D eigenvalue weighted by molar-refractivity contribution is 5.76. The van der Waals surface area contributed by atoms with Gasteiger partial charge in [-0.25, -0.2) is 4.98 Å². The number of para-hydroxylation sites is 1. The molecule has 0 unspecified atom stereocenters. The third kappa shape index (κ3) is 2.86. The molecule has 7 nitrogen and oxygen atoms in total. The van der Waals surface area contributed by atoms with Crippen LogP contribution in [-0.2, 0) is 19.5 Å². The van der Waals surface area contributed by atoms with Crippen LogP contribution in [0.15, 0.2) is 67.3 Å². The van der Waals surface area contributed by atoms with Gasteiger partial charge in [0.15, 0.2) is 17.0 Å². The van der Waals surface area contributed by atoms with Gasteiger partial charge in [-0.1, -0.05) is 12.1 Å². The molecule has 0 bridgehead atoms. The molecule has 1 aromatic carbocycles. The predicted octanol–water partition coefficient (Wildman–Crippen LogP) is 2.69. The van der Waals surface area contributed by atoms with Crippen LogP contribution >= 0.6 is 0 Å². The monoisotopic (exact) mass is 375 g/mol. The van der Waals surface area contributed by atoms with Crippen LogP contribution in [0.25, 0.3) is 22.6 Å². The van der Waals surface area contributed by atoms with Crippen molar-refractivity contribution in [1.82, 2.24) is 14.9 Å². The van der Waals surface area contributed by atoms with Gasteiger partial charge in [0.25, 0.3) is 5.56 Å². The molecule has 140 valence electrons. The molecule has 5 rings (SSSR count). The Morgan fingerprint density at radius 3 is 2.86 bits per heavy atom. The number of rotatable bonds is 3. The molecule has 28 heavy (non-hydrogen) atoms. The van der Waals surface area contributed by atoms with Crippen LogP contribution in [0.2, 0.25) is 0 Å². The van der Waals surface area contributed by atoms with Crippen LogP contribution in [0, 0.1) is 0 Å². The average molecular weight is 375 g/mol. The summed E-state index contributed by atoms with van der Waals surface area (Å²) >= 11 is 0. The van der Waals surface area contributed by atoms with E-state index in [2.05, 4.69) is 14.9 Å². The van der Waals surface area contributed by atoms with Crippen molar-refractivity contribution in [2.45, 2.75) is 19.5 Å². The van der Waals surface area contributed by atoms with E-state index in [9.17, 15) is 9.59 Å². The van der Waals surface area contributed by atoms with Crippen molar-refractivity contribution < 1.29 is 8.83 Å². The minimum atomic E-state index is -0.174. The fraction of sp³-hybridized carbons (Fsp3) is 0.190. The van der Waals surface area contributed by atoms with Crippen LogP contribution in [0.1, 0.15) is 16.8 Å².